The van der Waals surface area contributed by atoms with Crippen molar-refractivity contribution in [3.8, 4) is 0 Å². The summed E-state index contributed by atoms with van der Waals surface area (Å²) in [6.45, 7) is 9.75. The Balaban J connectivity index is 1.32. The molecule has 0 radical (unpaired) electrons. The molecule has 4 aliphatic rings. The Hall–Kier alpha value is -2.41. The quantitative estimate of drug-likeness (QED) is 0.792. The van der Waals surface area contributed by atoms with Gasteiger partial charge in [-0.1, -0.05) is 19.9 Å². The van der Waals surface area contributed by atoms with E-state index in [-0.39, 0.29) is 17.9 Å². The number of carbonyl (C=O) groups excluding carboxylic acids is 2. The summed E-state index contributed by atoms with van der Waals surface area (Å²) in [4.78, 5) is 32.4. The summed E-state index contributed by atoms with van der Waals surface area (Å²) in [6.07, 6.45) is 5.50. The van der Waals surface area contributed by atoms with Gasteiger partial charge in [0.25, 0.3) is 11.8 Å². The summed E-state index contributed by atoms with van der Waals surface area (Å²) >= 11 is 0. The Morgan fingerprint density at radius 1 is 1.29 bits per heavy atom. The van der Waals surface area contributed by atoms with Crippen molar-refractivity contribution in [2.45, 2.75) is 46.1 Å². The summed E-state index contributed by atoms with van der Waals surface area (Å²) in [5.74, 6) is 1.95. The van der Waals surface area contributed by atoms with Crippen LogP contribution in [-0.2, 0) is 0 Å². The van der Waals surface area contributed by atoms with Gasteiger partial charge in [0.05, 0.1) is 0 Å². The first-order valence-electron chi connectivity index (χ1n) is 11.6. The number of aromatic nitrogens is 2. The molecule has 0 aromatic carbocycles. The van der Waals surface area contributed by atoms with E-state index in [4.69, 9.17) is 0 Å². The lowest BCUT2D eigenvalue weighted by Crippen LogP contribution is -2.54. The van der Waals surface area contributed by atoms with Gasteiger partial charge in [0, 0.05) is 38.4 Å². The number of fused-ring (bicyclic) bond motifs is 3. The number of pyridine rings is 1. The van der Waals surface area contributed by atoms with Crippen molar-refractivity contribution < 1.29 is 9.59 Å². The molecule has 6 rings (SSSR count). The van der Waals surface area contributed by atoms with Gasteiger partial charge in [-0.25, -0.2) is 4.98 Å². The van der Waals surface area contributed by atoms with Crippen molar-refractivity contribution in [2.24, 2.45) is 23.2 Å². The molecule has 2 aromatic rings. The Bertz CT molecular complexity index is 1010. The lowest BCUT2D eigenvalue weighted by atomic mass is 9.45. The van der Waals surface area contributed by atoms with Crippen LogP contribution in [0.15, 0.2) is 24.4 Å². The van der Waals surface area contributed by atoms with Gasteiger partial charge in [0.1, 0.15) is 17.0 Å². The van der Waals surface area contributed by atoms with Gasteiger partial charge in [0.2, 0.25) is 0 Å². The largest absolute Gasteiger partial charge is 0.350 e. The third-order valence-corrected chi connectivity index (χ3v) is 8.23. The number of nitrogens with one attached hydrogen (secondary N) is 2. The van der Waals surface area contributed by atoms with Crippen molar-refractivity contribution in [3.63, 3.8) is 0 Å². The molecule has 1 aliphatic heterocycles. The molecule has 0 unspecified atom stereocenters. The molecule has 3 heterocycles. The maximum atomic E-state index is 13.1. The van der Waals surface area contributed by atoms with Crippen LogP contribution in [0.4, 0.5) is 0 Å². The van der Waals surface area contributed by atoms with E-state index >= 15 is 0 Å². The van der Waals surface area contributed by atoms with E-state index in [1.807, 2.05) is 24.0 Å². The molecule has 7 nitrogen and oxygen atoms in total. The Morgan fingerprint density at radius 3 is 2.87 bits per heavy atom. The fourth-order valence-electron chi connectivity index (χ4n) is 6.11. The standard InChI is InChI=1S/C24H33N5O2/c1-15-12-25-9-10-28(15)23(31)19-14-29-20(5-4-6-21(29)27-19)22(30)26-13-16-7-8-17-11-18(16)24(17,2)3/h4-6,14-18,25H,7-13H2,1-3H3,(H,26,30)/t15-,16-,17-,18+/m0/s1. The minimum Gasteiger partial charge on any atom is -0.350 e. The van der Waals surface area contributed by atoms with Gasteiger partial charge in [-0.3, -0.25) is 14.0 Å². The number of hydrogen-bond acceptors (Lipinski definition) is 4. The van der Waals surface area contributed by atoms with Crippen LogP contribution in [0, 0.1) is 23.2 Å². The minimum absolute atomic E-state index is 0.0759. The van der Waals surface area contributed by atoms with Crippen LogP contribution in [0.5, 0.6) is 0 Å². The van der Waals surface area contributed by atoms with E-state index in [2.05, 4.69) is 29.5 Å². The molecule has 7 heteroatoms. The van der Waals surface area contributed by atoms with Gasteiger partial charge < -0.3 is 15.5 Å². The predicted molar refractivity (Wildman–Crippen MR) is 119 cm³/mol. The SMILES string of the molecule is C[C@H]1CNCCN1C(=O)c1cn2c(C(=O)NC[C@@H]3CC[C@H]4C[C@H]3C4(C)C)cccc2n1. The van der Waals surface area contributed by atoms with E-state index in [1.54, 1.807) is 16.7 Å². The molecule has 2 bridgehead atoms. The smallest absolute Gasteiger partial charge is 0.274 e. The molecule has 3 aliphatic carbocycles. The topological polar surface area (TPSA) is 78.7 Å². The van der Waals surface area contributed by atoms with Crippen LogP contribution in [0.25, 0.3) is 5.65 Å². The Labute approximate surface area is 183 Å². The first kappa shape index (κ1) is 20.5. The fourth-order valence-corrected chi connectivity index (χ4v) is 6.11. The first-order chi connectivity index (χ1) is 14.9. The zero-order valence-electron chi connectivity index (χ0n) is 18.7. The molecule has 0 spiro atoms. The van der Waals surface area contributed by atoms with Crippen LogP contribution >= 0.6 is 0 Å². The van der Waals surface area contributed by atoms with Crippen molar-refractivity contribution >= 4 is 17.5 Å². The normalized spacial score (nSPS) is 29.5. The summed E-state index contributed by atoms with van der Waals surface area (Å²) in [7, 11) is 0. The molecule has 3 saturated carbocycles. The predicted octanol–water partition coefficient (Wildman–Crippen LogP) is 2.57. The maximum Gasteiger partial charge on any atom is 0.274 e. The monoisotopic (exact) mass is 423 g/mol. The van der Waals surface area contributed by atoms with Crippen LogP contribution in [0.3, 0.4) is 0 Å². The molecule has 2 aromatic heterocycles. The number of nitrogens with zero attached hydrogens (tertiary/aromatic N) is 3. The fraction of sp³-hybridized carbons (Fsp3) is 0.625. The molecule has 2 amide bonds. The number of imidazole rings is 1. The van der Waals surface area contributed by atoms with Crippen molar-refractivity contribution in [2.75, 3.05) is 26.2 Å². The van der Waals surface area contributed by atoms with Crippen LogP contribution < -0.4 is 10.6 Å². The Morgan fingerprint density at radius 2 is 2.13 bits per heavy atom. The van der Waals surface area contributed by atoms with E-state index in [1.165, 1.54) is 19.3 Å². The Kier molecular flexibility index (Phi) is 5.04. The number of rotatable bonds is 4. The highest BCUT2D eigenvalue weighted by atomic mass is 16.2. The molecule has 4 fully saturated rings. The summed E-state index contributed by atoms with van der Waals surface area (Å²) in [5.41, 5.74) is 1.95. The minimum atomic E-state index is -0.100. The van der Waals surface area contributed by atoms with Gasteiger partial charge >= 0.3 is 0 Å². The van der Waals surface area contributed by atoms with Crippen LogP contribution in [0.1, 0.15) is 61.0 Å². The second-order valence-corrected chi connectivity index (χ2v) is 10.2. The average molecular weight is 424 g/mol. The number of carbonyl (C=O) groups is 2. The van der Waals surface area contributed by atoms with Crippen LogP contribution in [-0.4, -0.2) is 58.3 Å². The third-order valence-electron chi connectivity index (χ3n) is 8.23. The molecule has 31 heavy (non-hydrogen) atoms. The molecule has 2 N–H and O–H groups in total. The van der Waals surface area contributed by atoms with Crippen molar-refractivity contribution in [1.82, 2.24) is 24.9 Å². The van der Waals surface area contributed by atoms with E-state index in [0.717, 1.165) is 25.6 Å². The number of hydrogen-bond donors (Lipinski definition) is 2. The van der Waals surface area contributed by atoms with Crippen LogP contribution in [0.2, 0.25) is 0 Å². The second-order valence-electron chi connectivity index (χ2n) is 10.2. The molecular formula is C24H33N5O2. The zero-order valence-corrected chi connectivity index (χ0v) is 18.7. The second kappa shape index (κ2) is 7.62. The lowest BCUT2D eigenvalue weighted by molar-refractivity contribution is -0.103. The van der Waals surface area contributed by atoms with Gasteiger partial charge in [-0.05, 0) is 61.5 Å². The zero-order chi connectivity index (χ0) is 21.8. The average Bonchev–Trinajstić information content (AvgIpc) is 3.21. The van der Waals surface area contributed by atoms with E-state index < -0.39 is 0 Å². The highest BCUT2D eigenvalue weighted by Gasteiger charge is 2.53. The summed E-state index contributed by atoms with van der Waals surface area (Å²) < 4.78 is 1.75. The van der Waals surface area contributed by atoms with E-state index in [0.29, 0.717) is 40.8 Å². The number of piperazine rings is 1. The first-order valence-corrected chi connectivity index (χ1v) is 11.6. The highest BCUT2D eigenvalue weighted by Crippen LogP contribution is 2.61. The van der Waals surface area contributed by atoms with Crippen molar-refractivity contribution in [3.05, 3.63) is 35.8 Å². The van der Waals surface area contributed by atoms with Gasteiger partial charge in [-0.2, -0.15) is 0 Å². The third kappa shape index (κ3) is 3.43. The lowest BCUT2D eigenvalue weighted by Gasteiger charge is -2.60. The molecule has 4 atom stereocenters. The number of amides is 2. The maximum absolute atomic E-state index is 13.1. The summed E-state index contributed by atoms with van der Waals surface area (Å²) in [5, 5.41) is 6.47. The van der Waals surface area contributed by atoms with Gasteiger partial charge in [0.15, 0.2) is 0 Å². The highest BCUT2D eigenvalue weighted by molar-refractivity contribution is 5.95. The van der Waals surface area contributed by atoms with Crippen molar-refractivity contribution in [1.29, 1.82) is 0 Å². The molecule has 166 valence electrons. The molecular weight excluding hydrogens is 390 g/mol. The molecule has 1 saturated heterocycles. The van der Waals surface area contributed by atoms with Gasteiger partial charge in [-0.15, -0.1) is 0 Å². The van der Waals surface area contributed by atoms with E-state index in [9.17, 15) is 9.59 Å². The summed E-state index contributed by atoms with van der Waals surface area (Å²) in [6, 6.07) is 5.60.